The Bertz CT molecular complexity index is 3750. The number of anilines is 6. The molecule has 0 bridgehead atoms. The molecule has 0 saturated heterocycles. The van der Waals surface area contributed by atoms with Crippen LogP contribution in [0.15, 0.2) is 241 Å². The Labute approximate surface area is 401 Å². The highest BCUT2D eigenvalue weighted by atomic mass is 32.1. The number of thiophene rings is 1. The second kappa shape index (κ2) is 16.9. The molecule has 2 heterocycles. The third kappa shape index (κ3) is 7.49. The van der Waals surface area contributed by atoms with Crippen LogP contribution in [0.1, 0.15) is 26.3 Å². The van der Waals surface area contributed by atoms with Crippen molar-refractivity contribution in [3.63, 3.8) is 0 Å². The van der Waals surface area contributed by atoms with Crippen molar-refractivity contribution in [1.82, 2.24) is 0 Å². The molecule has 12 aromatic rings. The van der Waals surface area contributed by atoms with E-state index in [1.165, 1.54) is 48.0 Å². The lowest BCUT2D eigenvalue weighted by Gasteiger charge is -2.26. The van der Waals surface area contributed by atoms with Gasteiger partial charge in [-0.2, -0.15) is 0 Å². The molecule has 0 amide bonds. The monoisotopic (exact) mass is 892 g/mol. The third-order valence-electron chi connectivity index (χ3n) is 13.2. The first kappa shape index (κ1) is 41.3. The minimum atomic E-state index is 0.108. The van der Waals surface area contributed by atoms with Gasteiger partial charge in [0, 0.05) is 59.6 Å². The van der Waals surface area contributed by atoms with Crippen molar-refractivity contribution in [3.8, 4) is 33.4 Å². The lowest BCUT2D eigenvalue weighted by molar-refractivity contribution is 0.590. The molecule has 0 spiro atoms. The van der Waals surface area contributed by atoms with Crippen LogP contribution in [-0.4, -0.2) is 0 Å². The standard InChI is InChI=1S/C64H48N2OS/c1-64(2,3)48-34-27-43(28-35-48)44-29-38-52(39-30-44)66(50-18-8-5-9-19-50)58-24-14-25-59-62(58)56-23-13-22-54(63(56)67-59)47-15-12-20-53(41-47)65(49-16-6-4-7-17-49)51-36-31-45(32-37-51)46-33-40-61-57(42-46)55-21-10-11-26-60(55)68-61/h4-42H,1-3H3. The molecule has 0 radical (unpaired) electrons. The van der Waals surface area contributed by atoms with Crippen LogP contribution in [0.4, 0.5) is 34.1 Å². The van der Waals surface area contributed by atoms with Crippen LogP contribution in [0.2, 0.25) is 0 Å². The minimum Gasteiger partial charge on any atom is -0.455 e. The Kier molecular flexibility index (Phi) is 10.3. The van der Waals surface area contributed by atoms with E-state index in [1.807, 2.05) is 11.3 Å². The van der Waals surface area contributed by atoms with Crippen LogP contribution < -0.4 is 9.80 Å². The number of hydrogen-bond donors (Lipinski definition) is 0. The molecule has 0 N–H and O–H groups in total. The fraction of sp³-hybridized carbons (Fsp3) is 0.0625. The molecular formula is C64H48N2OS. The van der Waals surface area contributed by atoms with Crippen LogP contribution in [0.5, 0.6) is 0 Å². The van der Waals surface area contributed by atoms with E-state index in [-0.39, 0.29) is 5.41 Å². The zero-order valence-electron chi connectivity index (χ0n) is 38.2. The zero-order valence-corrected chi connectivity index (χ0v) is 39.0. The van der Waals surface area contributed by atoms with Gasteiger partial charge in [0.1, 0.15) is 11.2 Å². The summed E-state index contributed by atoms with van der Waals surface area (Å²) in [5.74, 6) is 0. The molecule has 326 valence electrons. The van der Waals surface area contributed by atoms with E-state index >= 15 is 0 Å². The van der Waals surface area contributed by atoms with E-state index in [0.29, 0.717) is 0 Å². The average Bonchev–Trinajstić information content (AvgIpc) is 3.96. The summed E-state index contributed by atoms with van der Waals surface area (Å²) in [7, 11) is 0. The van der Waals surface area contributed by atoms with Gasteiger partial charge in [-0.1, -0.05) is 166 Å². The molecule has 3 nitrogen and oxygen atoms in total. The summed E-state index contributed by atoms with van der Waals surface area (Å²) in [5.41, 5.74) is 16.5. The summed E-state index contributed by atoms with van der Waals surface area (Å²) in [6.45, 7) is 6.77. The third-order valence-corrected chi connectivity index (χ3v) is 14.4. The van der Waals surface area contributed by atoms with Crippen molar-refractivity contribution in [2.24, 2.45) is 0 Å². The van der Waals surface area contributed by atoms with Crippen LogP contribution in [-0.2, 0) is 5.41 Å². The van der Waals surface area contributed by atoms with Crippen molar-refractivity contribution < 1.29 is 4.42 Å². The lowest BCUT2D eigenvalue weighted by atomic mass is 9.86. The molecule has 0 atom stereocenters. The van der Waals surface area contributed by atoms with E-state index in [2.05, 4.69) is 267 Å². The topological polar surface area (TPSA) is 19.6 Å². The van der Waals surface area contributed by atoms with E-state index in [9.17, 15) is 0 Å². The molecule has 0 aliphatic carbocycles. The molecule has 4 heteroatoms. The van der Waals surface area contributed by atoms with Crippen LogP contribution in [0.25, 0.3) is 75.5 Å². The van der Waals surface area contributed by atoms with Crippen LogP contribution >= 0.6 is 11.3 Å². The smallest absolute Gasteiger partial charge is 0.143 e. The maximum absolute atomic E-state index is 6.94. The highest BCUT2D eigenvalue weighted by Crippen LogP contribution is 2.46. The normalized spacial score (nSPS) is 11.8. The van der Waals surface area contributed by atoms with Crippen molar-refractivity contribution in [1.29, 1.82) is 0 Å². The van der Waals surface area contributed by atoms with Crippen molar-refractivity contribution in [2.75, 3.05) is 9.80 Å². The molecule has 2 aromatic heterocycles. The molecule has 0 aliphatic rings. The highest BCUT2D eigenvalue weighted by Gasteiger charge is 2.22. The number of furan rings is 1. The first-order valence-electron chi connectivity index (χ1n) is 23.3. The maximum Gasteiger partial charge on any atom is 0.143 e. The molecule has 0 unspecified atom stereocenters. The maximum atomic E-state index is 6.94. The molecular weight excluding hydrogens is 845 g/mol. The SMILES string of the molecule is CC(C)(C)c1ccc(-c2ccc(N(c3ccccc3)c3cccc4oc5c(-c6cccc(N(c7ccccc7)c7ccc(-c8ccc9sc%10ccccc%10c9c8)cc7)c6)cccc5c34)cc2)cc1. The lowest BCUT2D eigenvalue weighted by Crippen LogP contribution is -2.10. The number of nitrogens with zero attached hydrogens (tertiary/aromatic N) is 2. The Morgan fingerprint density at radius 3 is 1.60 bits per heavy atom. The Morgan fingerprint density at radius 2 is 0.897 bits per heavy atom. The number of hydrogen-bond acceptors (Lipinski definition) is 4. The van der Waals surface area contributed by atoms with E-state index in [1.54, 1.807) is 0 Å². The van der Waals surface area contributed by atoms with Crippen LogP contribution in [0, 0.1) is 0 Å². The predicted molar refractivity (Wildman–Crippen MR) is 291 cm³/mol. The first-order chi connectivity index (χ1) is 33.3. The summed E-state index contributed by atoms with van der Waals surface area (Å²) >= 11 is 1.85. The van der Waals surface area contributed by atoms with Gasteiger partial charge in [0.15, 0.2) is 0 Å². The molecule has 0 fully saturated rings. The molecule has 10 aromatic carbocycles. The number of para-hydroxylation sites is 3. The van der Waals surface area contributed by atoms with Gasteiger partial charge in [0.25, 0.3) is 0 Å². The van der Waals surface area contributed by atoms with Gasteiger partial charge in [-0.05, 0) is 130 Å². The summed E-state index contributed by atoms with van der Waals surface area (Å²) < 4.78 is 9.58. The van der Waals surface area contributed by atoms with Gasteiger partial charge in [-0.15, -0.1) is 11.3 Å². The summed E-state index contributed by atoms with van der Waals surface area (Å²) in [4.78, 5) is 4.69. The first-order valence-corrected chi connectivity index (χ1v) is 24.1. The quantitative estimate of drug-likeness (QED) is 0.144. The van der Waals surface area contributed by atoms with Crippen molar-refractivity contribution >= 4 is 87.6 Å². The van der Waals surface area contributed by atoms with Gasteiger partial charge >= 0.3 is 0 Å². The summed E-state index contributed by atoms with van der Waals surface area (Å²) in [6.07, 6.45) is 0. The van der Waals surface area contributed by atoms with Gasteiger partial charge in [-0.25, -0.2) is 0 Å². The highest BCUT2D eigenvalue weighted by molar-refractivity contribution is 7.25. The fourth-order valence-electron chi connectivity index (χ4n) is 9.76. The second-order valence-electron chi connectivity index (χ2n) is 18.6. The Morgan fingerprint density at radius 1 is 0.368 bits per heavy atom. The van der Waals surface area contributed by atoms with Gasteiger partial charge in [0.2, 0.25) is 0 Å². The zero-order chi connectivity index (χ0) is 45.8. The van der Waals surface area contributed by atoms with Crippen molar-refractivity contribution in [3.05, 3.63) is 242 Å². The van der Waals surface area contributed by atoms with Crippen molar-refractivity contribution in [2.45, 2.75) is 26.2 Å². The molecule has 0 saturated carbocycles. The molecule has 12 rings (SSSR count). The Hall–Kier alpha value is -8.18. The minimum absolute atomic E-state index is 0.108. The van der Waals surface area contributed by atoms with E-state index in [4.69, 9.17) is 4.42 Å². The fourth-order valence-corrected chi connectivity index (χ4v) is 10.8. The average molecular weight is 893 g/mol. The van der Waals surface area contributed by atoms with E-state index < -0.39 is 0 Å². The van der Waals surface area contributed by atoms with Gasteiger partial charge < -0.3 is 14.2 Å². The largest absolute Gasteiger partial charge is 0.455 e. The Balaban J connectivity index is 0.919. The molecule has 68 heavy (non-hydrogen) atoms. The van der Waals surface area contributed by atoms with Gasteiger partial charge in [0.05, 0.1) is 11.1 Å². The van der Waals surface area contributed by atoms with Gasteiger partial charge in [-0.3, -0.25) is 0 Å². The summed E-state index contributed by atoms with van der Waals surface area (Å²) in [5, 5.41) is 4.76. The number of benzene rings is 10. The molecule has 0 aliphatic heterocycles. The number of rotatable bonds is 9. The second-order valence-corrected chi connectivity index (χ2v) is 19.6. The number of fused-ring (bicyclic) bond motifs is 6. The summed E-state index contributed by atoms with van der Waals surface area (Å²) in [6, 6.07) is 85.4. The van der Waals surface area contributed by atoms with Crippen LogP contribution in [0.3, 0.4) is 0 Å². The predicted octanol–water partition coefficient (Wildman–Crippen LogP) is 19.2. The van der Waals surface area contributed by atoms with E-state index in [0.717, 1.165) is 67.2 Å².